The average Bonchev–Trinajstić information content (AvgIpc) is 2.73. The number of carbonyl (C=O) groups is 1. The summed E-state index contributed by atoms with van der Waals surface area (Å²) in [6.07, 6.45) is 5.01. The molecule has 16 heavy (non-hydrogen) atoms. The lowest BCUT2D eigenvalue weighted by Crippen LogP contribution is -2.42. The Hall–Kier alpha value is -0.610. The van der Waals surface area contributed by atoms with Crippen molar-refractivity contribution >= 4 is 5.91 Å². The van der Waals surface area contributed by atoms with E-state index in [1.165, 1.54) is 0 Å². The van der Waals surface area contributed by atoms with Gasteiger partial charge in [0.15, 0.2) is 0 Å². The van der Waals surface area contributed by atoms with Gasteiger partial charge in [-0.05, 0) is 31.1 Å². The second-order valence-electron chi connectivity index (χ2n) is 4.77. The van der Waals surface area contributed by atoms with Crippen molar-refractivity contribution < 1.29 is 9.90 Å². The van der Waals surface area contributed by atoms with E-state index in [0.29, 0.717) is 18.4 Å². The topological polar surface area (TPSA) is 75.4 Å². The monoisotopic (exact) mass is 228 g/mol. The van der Waals surface area contributed by atoms with E-state index in [9.17, 15) is 4.79 Å². The first kappa shape index (κ1) is 13.5. The van der Waals surface area contributed by atoms with Crippen LogP contribution in [0, 0.1) is 11.8 Å². The summed E-state index contributed by atoms with van der Waals surface area (Å²) in [7, 11) is 0. The number of rotatable bonds is 6. The molecule has 0 spiro atoms. The van der Waals surface area contributed by atoms with E-state index in [1.54, 1.807) is 0 Å². The third-order valence-electron chi connectivity index (χ3n) is 3.53. The maximum absolute atomic E-state index is 11.6. The van der Waals surface area contributed by atoms with Crippen LogP contribution in [0.15, 0.2) is 0 Å². The predicted octanol–water partition coefficient (Wildman–Crippen LogP) is 0.639. The molecule has 4 nitrogen and oxygen atoms in total. The molecule has 4 N–H and O–H groups in total. The molecular weight excluding hydrogens is 204 g/mol. The van der Waals surface area contributed by atoms with Crippen LogP contribution in [0.1, 0.15) is 39.0 Å². The average molecular weight is 228 g/mol. The summed E-state index contributed by atoms with van der Waals surface area (Å²) < 4.78 is 0. The van der Waals surface area contributed by atoms with E-state index in [2.05, 4.69) is 5.32 Å². The Morgan fingerprint density at radius 2 is 2.19 bits per heavy atom. The zero-order chi connectivity index (χ0) is 12.0. The van der Waals surface area contributed by atoms with Gasteiger partial charge in [0.1, 0.15) is 0 Å². The van der Waals surface area contributed by atoms with E-state index in [-0.39, 0.29) is 18.6 Å². The summed E-state index contributed by atoms with van der Waals surface area (Å²) in [4.78, 5) is 11.6. The van der Waals surface area contributed by atoms with Crippen molar-refractivity contribution in [2.24, 2.45) is 17.6 Å². The largest absolute Gasteiger partial charge is 0.396 e. The molecule has 1 rings (SSSR count). The fraction of sp³-hybridized carbons (Fsp3) is 0.917. The Bertz CT molecular complexity index is 221. The molecule has 3 atom stereocenters. The van der Waals surface area contributed by atoms with Gasteiger partial charge in [-0.25, -0.2) is 0 Å². The Morgan fingerprint density at radius 1 is 1.50 bits per heavy atom. The summed E-state index contributed by atoms with van der Waals surface area (Å²) >= 11 is 0. The van der Waals surface area contributed by atoms with Crippen molar-refractivity contribution in [2.75, 3.05) is 13.2 Å². The van der Waals surface area contributed by atoms with Gasteiger partial charge in [0, 0.05) is 13.2 Å². The fourth-order valence-electron chi connectivity index (χ4n) is 2.43. The highest BCUT2D eigenvalue weighted by Gasteiger charge is 2.27. The molecule has 0 heterocycles. The third-order valence-corrected chi connectivity index (χ3v) is 3.53. The summed E-state index contributed by atoms with van der Waals surface area (Å²) in [5.74, 6) is 0.746. The highest BCUT2D eigenvalue weighted by Crippen LogP contribution is 2.30. The van der Waals surface area contributed by atoms with E-state index in [0.717, 1.165) is 32.1 Å². The number of aliphatic hydroxyl groups is 1. The standard InChI is InChI=1S/C12H24N2O2/c1-2-4-11(13)12(16)14-7-9-5-3-6-10(9)8-15/h9-11,15H,2-8,13H2,1H3,(H,14,16)/t9?,10?,11-/m0/s1. The molecule has 1 aliphatic carbocycles. The molecule has 0 radical (unpaired) electrons. The lowest BCUT2D eigenvalue weighted by atomic mass is 9.97. The minimum Gasteiger partial charge on any atom is -0.396 e. The van der Waals surface area contributed by atoms with Gasteiger partial charge >= 0.3 is 0 Å². The first-order valence-corrected chi connectivity index (χ1v) is 6.33. The fourth-order valence-corrected chi connectivity index (χ4v) is 2.43. The number of amides is 1. The maximum Gasteiger partial charge on any atom is 0.236 e. The van der Waals surface area contributed by atoms with Crippen molar-refractivity contribution in [1.82, 2.24) is 5.32 Å². The number of hydrogen-bond acceptors (Lipinski definition) is 3. The zero-order valence-corrected chi connectivity index (χ0v) is 10.1. The molecule has 0 aromatic rings. The molecule has 0 aromatic carbocycles. The second-order valence-corrected chi connectivity index (χ2v) is 4.77. The van der Waals surface area contributed by atoms with Crippen LogP contribution in [0.25, 0.3) is 0 Å². The highest BCUT2D eigenvalue weighted by molar-refractivity contribution is 5.81. The van der Waals surface area contributed by atoms with Crippen LogP contribution in [-0.4, -0.2) is 30.2 Å². The normalized spacial score (nSPS) is 26.7. The first-order chi connectivity index (χ1) is 7.69. The maximum atomic E-state index is 11.6. The zero-order valence-electron chi connectivity index (χ0n) is 10.1. The smallest absolute Gasteiger partial charge is 0.236 e. The SMILES string of the molecule is CCC[C@H](N)C(=O)NCC1CCCC1CO. The molecule has 2 unspecified atom stereocenters. The van der Waals surface area contributed by atoms with Gasteiger partial charge in [0.05, 0.1) is 6.04 Å². The lowest BCUT2D eigenvalue weighted by molar-refractivity contribution is -0.122. The van der Waals surface area contributed by atoms with E-state index < -0.39 is 0 Å². The van der Waals surface area contributed by atoms with E-state index in [4.69, 9.17) is 10.8 Å². The second kappa shape index (κ2) is 6.86. The molecule has 94 valence electrons. The van der Waals surface area contributed by atoms with Crippen LogP contribution < -0.4 is 11.1 Å². The Labute approximate surface area is 97.6 Å². The van der Waals surface area contributed by atoms with Crippen LogP contribution in [0.5, 0.6) is 0 Å². The number of nitrogens with two attached hydrogens (primary N) is 1. The van der Waals surface area contributed by atoms with Crippen molar-refractivity contribution in [3.63, 3.8) is 0 Å². The van der Waals surface area contributed by atoms with Crippen molar-refractivity contribution in [2.45, 2.75) is 45.1 Å². The van der Waals surface area contributed by atoms with Gasteiger partial charge in [0.2, 0.25) is 5.91 Å². The molecule has 0 aromatic heterocycles. The third kappa shape index (κ3) is 3.76. The quantitative estimate of drug-likeness (QED) is 0.624. The number of carbonyl (C=O) groups excluding carboxylic acids is 1. The van der Waals surface area contributed by atoms with Crippen LogP contribution in [-0.2, 0) is 4.79 Å². The summed E-state index contributed by atoms with van der Waals surface area (Å²) in [5, 5.41) is 12.1. The predicted molar refractivity (Wildman–Crippen MR) is 63.8 cm³/mol. The molecule has 1 aliphatic rings. The van der Waals surface area contributed by atoms with Crippen molar-refractivity contribution in [1.29, 1.82) is 0 Å². The molecule has 1 amide bonds. The van der Waals surface area contributed by atoms with Crippen molar-refractivity contribution in [3.8, 4) is 0 Å². The highest BCUT2D eigenvalue weighted by atomic mass is 16.3. The summed E-state index contributed by atoms with van der Waals surface area (Å²) in [5.41, 5.74) is 5.72. The molecule has 1 fully saturated rings. The first-order valence-electron chi connectivity index (χ1n) is 6.33. The van der Waals surface area contributed by atoms with Gasteiger partial charge in [-0.15, -0.1) is 0 Å². The van der Waals surface area contributed by atoms with Crippen LogP contribution in [0.3, 0.4) is 0 Å². The summed E-state index contributed by atoms with van der Waals surface area (Å²) in [6, 6.07) is -0.376. The van der Waals surface area contributed by atoms with E-state index in [1.807, 2.05) is 6.92 Å². The Morgan fingerprint density at radius 3 is 2.81 bits per heavy atom. The van der Waals surface area contributed by atoms with Gasteiger partial charge < -0.3 is 16.2 Å². The number of aliphatic hydroxyl groups excluding tert-OH is 1. The van der Waals surface area contributed by atoms with Gasteiger partial charge in [-0.1, -0.05) is 19.8 Å². The molecule has 4 heteroatoms. The number of hydrogen-bond donors (Lipinski definition) is 3. The lowest BCUT2D eigenvalue weighted by Gasteiger charge is -2.19. The Kier molecular flexibility index (Phi) is 5.77. The van der Waals surface area contributed by atoms with Crippen molar-refractivity contribution in [3.05, 3.63) is 0 Å². The Balaban J connectivity index is 2.25. The van der Waals surface area contributed by atoms with Crippen LogP contribution in [0.4, 0.5) is 0 Å². The minimum atomic E-state index is -0.376. The summed E-state index contributed by atoms with van der Waals surface area (Å²) in [6.45, 7) is 2.93. The van der Waals surface area contributed by atoms with Crippen LogP contribution in [0.2, 0.25) is 0 Å². The molecule has 1 saturated carbocycles. The molecular formula is C12H24N2O2. The van der Waals surface area contributed by atoms with Gasteiger partial charge in [-0.2, -0.15) is 0 Å². The number of nitrogens with one attached hydrogen (secondary N) is 1. The minimum absolute atomic E-state index is 0.0505. The molecule has 0 saturated heterocycles. The van der Waals surface area contributed by atoms with Crippen LogP contribution >= 0.6 is 0 Å². The van der Waals surface area contributed by atoms with Gasteiger partial charge in [0.25, 0.3) is 0 Å². The van der Waals surface area contributed by atoms with E-state index >= 15 is 0 Å². The molecule has 0 aliphatic heterocycles. The molecule has 0 bridgehead atoms. The van der Waals surface area contributed by atoms with Gasteiger partial charge in [-0.3, -0.25) is 4.79 Å².